The lowest BCUT2D eigenvalue weighted by Gasteiger charge is -2.24. The van der Waals surface area contributed by atoms with Crippen LogP contribution in [0.1, 0.15) is 92.4 Å². The van der Waals surface area contributed by atoms with Crippen LogP contribution in [0.3, 0.4) is 0 Å². The Morgan fingerprint density at radius 2 is 1.71 bits per heavy atom. The summed E-state index contributed by atoms with van der Waals surface area (Å²) in [6.07, 6.45) is 13.2. The minimum Gasteiger partial charge on any atom is -0.0993 e. The second-order valence-electron chi connectivity index (χ2n) is 9.79. The van der Waals surface area contributed by atoms with Gasteiger partial charge in [0, 0.05) is 0 Å². The van der Waals surface area contributed by atoms with Gasteiger partial charge < -0.3 is 0 Å². The molecule has 3 aliphatic carbocycles. The molecule has 7 unspecified atom stereocenters. The molecule has 0 aromatic heterocycles. The van der Waals surface area contributed by atoms with Gasteiger partial charge in [0.25, 0.3) is 0 Å². The van der Waals surface area contributed by atoms with E-state index in [0.717, 1.165) is 23.2 Å². The van der Waals surface area contributed by atoms with Crippen LogP contribution in [-0.2, 0) is 0 Å². The van der Waals surface area contributed by atoms with E-state index in [-0.39, 0.29) is 0 Å². The van der Waals surface area contributed by atoms with Crippen molar-refractivity contribution in [2.75, 3.05) is 0 Å². The molecule has 0 nitrogen and oxygen atoms in total. The van der Waals surface area contributed by atoms with Gasteiger partial charge in [0.1, 0.15) is 0 Å². The molecule has 0 heteroatoms. The van der Waals surface area contributed by atoms with E-state index in [2.05, 4.69) is 41.2 Å². The molecule has 3 fully saturated rings. The lowest BCUT2D eigenvalue weighted by atomic mass is 9.80. The number of rotatable bonds is 12. The molecule has 0 aliphatic heterocycles. The molecule has 0 radical (unpaired) electrons. The summed E-state index contributed by atoms with van der Waals surface area (Å²) in [4.78, 5) is 0. The largest absolute Gasteiger partial charge is 0.0993 e. The van der Waals surface area contributed by atoms with Gasteiger partial charge in [-0.3, -0.25) is 0 Å². The fourth-order valence-corrected chi connectivity index (χ4v) is 7.09. The Morgan fingerprint density at radius 1 is 1.00 bits per heavy atom. The van der Waals surface area contributed by atoms with Crippen molar-refractivity contribution in [3.05, 3.63) is 12.2 Å². The van der Waals surface area contributed by atoms with Crippen LogP contribution in [0.5, 0.6) is 0 Å². The smallest absolute Gasteiger partial charge is 0.0199 e. The van der Waals surface area contributed by atoms with Crippen LogP contribution in [0.4, 0.5) is 0 Å². The quantitative estimate of drug-likeness (QED) is 0.257. The lowest BCUT2D eigenvalue weighted by molar-refractivity contribution is 0.237. The third kappa shape index (κ3) is 2.90. The molecule has 0 heterocycles. The van der Waals surface area contributed by atoms with Crippen molar-refractivity contribution < 1.29 is 0 Å². The zero-order valence-corrected chi connectivity index (χ0v) is 17.1. The van der Waals surface area contributed by atoms with Crippen LogP contribution >= 0.6 is 0 Å². The Bertz CT molecular complexity index is 447. The third-order valence-corrected chi connectivity index (χ3v) is 8.32. The average Bonchev–Trinajstić information content (AvgIpc) is 3.36. The molecule has 3 rings (SSSR count). The molecule has 138 valence electrons. The summed E-state index contributed by atoms with van der Waals surface area (Å²) in [5.74, 6) is 7.22. The van der Waals surface area contributed by atoms with Gasteiger partial charge in [-0.1, -0.05) is 85.3 Å². The first-order valence-corrected chi connectivity index (χ1v) is 11.2. The molecule has 7 atom stereocenters. The predicted octanol–water partition coefficient (Wildman–Crippen LogP) is 7.49. The van der Waals surface area contributed by atoms with Crippen molar-refractivity contribution in [3.8, 4) is 0 Å². The first kappa shape index (κ1) is 18.5. The average molecular weight is 331 g/mol. The van der Waals surface area contributed by atoms with Gasteiger partial charge in [0.2, 0.25) is 0 Å². The van der Waals surface area contributed by atoms with Crippen LogP contribution in [0.15, 0.2) is 12.2 Å². The van der Waals surface area contributed by atoms with Crippen molar-refractivity contribution in [2.45, 2.75) is 92.4 Å². The lowest BCUT2D eigenvalue weighted by Crippen LogP contribution is -2.18. The first-order chi connectivity index (χ1) is 11.5. The van der Waals surface area contributed by atoms with Crippen LogP contribution < -0.4 is 0 Å². The van der Waals surface area contributed by atoms with Crippen LogP contribution in [0, 0.1) is 46.8 Å². The minimum atomic E-state index is 0.652. The number of unbranched alkanes of at least 4 members (excludes halogenated alkanes) is 3. The van der Waals surface area contributed by atoms with E-state index in [0.29, 0.717) is 5.92 Å². The minimum absolute atomic E-state index is 0.652. The summed E-state index contributed by atoms with van der Waals surface area (Å²) in [5, 5.41) is 0. The van der Waals surface area contributed by atoms with Gasteiger partial charge in [-0.15, -0.1) is 0 Å². The molecule has 24 heavy (non-hydrogen) atoms. The molecule has 0 bridgehead atoms. The Kier molecular flexibility index (Phi) is 5.53. The highest BCUT2D eigenvalue weighted by Crippen LogP contribution is 2.92. The maximum Gasteiger partial charge on any atom is -0.0199 e. The fraction of sp³-hybridized carbons (Fsp3) is 0.917. The van der Waals surface area contributed by atoms with Gasteiger partial charge in [-0.05, 0) is 66.1 Å². The molecule has 0 spiro atoms. The van der Waals surface area contributed by atoms with E-state index in [1.54, 1.807) is 12.8 Å². The molecule has 3 saturated carbocycles. The predicted molar refractivity (Wildman–Crippen MR) is 106 cm³/mol. The summed E-state index contributed by atoms with van der Waals surface area (Å²) in [7, 11) is 0. The zero-order valence-electron chi connectivity index (χ0n) is 17.1. The topological polar surface area (TPSA) is 0 Å². The van der Waals surface area contributed by atoms with E-state index < -0.39 is 0 Å². The molecule has 0 N–H and O–H groups in total. The van der Waals surface area contributed by atoms with E-state index in [4.69, 9.17) is 0 Å². The monoisotopic (exact) mass is 330 g/mol. The number of fused-ring (bicyclic) bond motifs is 4. The van der Waals surface area contributed by atoms with E-state index in [1.165, 1.54) is 68.3 Å². The number of allylic oxidation sites excluding steroid dienone is 1. The van der Waals surface area contributed by atoms with Gasteiger partial charge in [-0.2, -0.15) is 0 Å². The standard InChI is InChI=1S/C24H42/c1-7-15-24-20(8-2)23(24)21-19(22(21)24)14-12-10-9-11-13-17(5)18(6)16(3)4/h16-17,19-23H,6-15H2,1-5H3. The second-order valence-corrected chi connectivity index (χ2v) is 9.79. The number of hydrogen-bond acceptors (Lipinski definition) is 0. The van der Waals surface area contributed by atoms with Gasteiger partial charge >= 0.3 is 0 Å². The molecule has 0 aromatic carbocycles. The van der Waals surface area contributed by atoms with E-state index >= 15 is 0 Å². The summed E-state index contributed by atoms with van der Waals surface area (Å²) < 4.78 is 0. The van der Waals surface area contributed by atoms with E-state index in [1.807, 2.05) is 0 Å². The SMILES string of the molecule is C=C(C(C)C)C(C)CCCCCCC1C2C1C1(CCC)C(CC)C21. The Labute approximate surface area is 151 Å². The normalized spacial score (nSPS) is 39.8. The Hall–Kier alpha value is -0.260. The fourth-order valence-electron chi connectivity index (χ4n) is 7.09. The summed E-state index contributed by atoms with van der Waals surface area (Å²) >= 11 is 0. The highest BCUT2D eigenvalue weighted by molar-refractivity contribution is 5.35. The molecule has 3 aliphatic rings. The molecule has 0 saturated heterocycles. The van der Waals surface area contributed by atoms with E-state index in [9.17, 15) is 0 Å². The van der Waals surface area contributed by atoms with Crippen LogP contribution in [0.25, 0.3) is 0 Å². The Morgan fingerprint density at radius 3 is 2.33 bits per heavy atom. The molecule has 0 aromatic rings. The van der Waals surface area contributed by atoms with Crippen molar-refractivity contribution in [2.24, 2.45) is 46.8 Å². The van der Waals surface area contributed by atoms with Gasteiger partial charge in [0.05, 0.1) is 0 Å². The van der Waals surface area contributed by atoms with Crippen molar-refractivity contribution in [1.29, 1.82) is 0 Å². The summed E-state index contributed by atoms with van der Waals surface area (Å²) in [6.45, 7) is 16.0. The first-order valence-electron chi connectivity index (χ1n) is 11.2. The molecule has 0 amide bonds. The molecular formula is C24H42. The highest BCUT2D eigenvalue weighted by atomic mass is 14.9. The van der Waals surface area contributed by atoms with Crippen LogP contribution in [0.2, 0.25) is 0 Å². The third-order valence-electron chi connectivity index (χ3n) is 8.32. The van der Waals surface area contributed by atoms with Crippen molar-refractivity contribution in [3.63, 3.8) is 0 Å². The number of hydrogen-bond donors (Lipinski definition) is 0. The summed E-state index contributed by atoms with van der Waals surface area (Å²) in [5.41, 5.74) is 2.33. The van der Waals surface area contributed by atoms with Crippen molar-refractivity contribution >= 4 is 0 Å². The van der Waals surface area contributed by atoms with Crippen molar-refractivity contribution in [1.82, 2.24) is 0 Å². The van der Waals surface area contributed by atoms with Gasteiger partial charge in [-0.25, -0.2) is 0 Å². The second kappa shape index (κ2) is 7.16. The summed E-state index contributed by atoms with van der Waals surface area (Å²) in [6, 6.07) is 0. The zero-order chi connectivity index (χ0) is 17.5. The van der Waals surface area contributed by atoms with Crippen LogP contribution in [-0.4, -0.2) is 0 Å². The Balaban J connectivity index is 1.26. The molecular weight excluding hydrogens is 288 g/mol. The maximum atomic E-state index is 4.27. The van der Waals surface area contributed by atoms with Gasteiger partial charge in [0.15, 0.2) is 0 Å². The maximum absolute atomic E-state index is 4.27. The highest BCUT2D eigenvalue weighted by Gasteiger charge is 2.88.